The minimum Gasteiger partial charge on any atom is -0.358 e. The highest BCUT2D eigenvalue weighted by Gasteiger charge is 2.25. The molecule has 0 radical (unpaired) electrons. The number of hydrogen-bond acceptors (Lipinski definition) is 3. The molecule has 2 fully saturated rings. The van der Waals surface area contributed by atoms with E-state index in [-0.39, 0.29) is 5.91 Å². The molecule has 108 valence electrons. The Kier molecular flexibility index (Phi) is 5.19. The summed E-state index contributed by atoms with van der Waals surface area (Å²) in [6.07, 6.45) is 5.76. The molecular weight excluding hydrogens is 242 g/mol. The van der Waals surface area contributed by atoms with Gasteiger partial charge in [0, 0.05) is 39.6 Å². The molecule has 0 bridgehead atoms. The predicted molar refractivity (Wildman–Crippen MR) is 73.7 cm³/mol. The third-order valence-electron chi connectivity index (χ3n) is 4.31. The summed E-state index contributed by atoms with van der Waals surface area (Å²) in [6.45, 7) is 3.60. The first-order valence-electron chi connectivity index (χ1n) is 7.39. The van der Waals surface area contributed by atoms with Gasteiger partial charge in [-0.15, -0.1) is 0 Å². The molecule has 1 aliphatic heterocycles. The molecule has 1 N–H and O–H groups in total. The quantitative estimate of drug-likeness (QED) is 0.805. The number of rotatable bonds is 4. The zero-order valence-electron chi connectivity index (χ0n) is 11.9. The van der Waals surface area contributed by atoms with Gasteiger partial charge in [0.05, 0.1) is 6.54 Å². The molecule has 0 aromatic heterocycles. The summed E-state index contributed by atoms with van der Waals surface area (Å²) in [6, 6.07) is 0. The van der Waals surface area contributed by atoms with E-state index in [1.54, 1.807) is 7.05 Å². The Morgan fingerprint density at radius 1 is 1.11 bits per heavy atom. The van der Waals surface area contributed by atoms with Crippen LogP contribution in [0.25, 0.3) is 0 Å². The number of carbonyl (C=O) groups excluding carboxylic acids is 2. The first-order valence-corrected chi connectivity index (χ1v) is 7.39. The number of piperazine rings is 1. The molecule has 0 aromatic carbocycles. The van der Waals surface area contributed by atoms with Crippen LogP contribution in [-0.4, -0.2) is 61.4 Å². The van der Waals surface area contributed by atoms with Crippen molar-refractivity contribution in [2.45, 2.75) is 32.1 Å². The fourth-order valence-electron chi connectivity index (χ4n) is 3.03. The Labute approximate surface area is 115 Å². The third-order valence-corrected chi connectivity index (χ3v) is 4.31. The van der Waals surface area contributed by atoms with Gasteiger partial charge in [-0.1, -0.05) is 12.8 Å². The zero-order chi connectivity index (χ0) is 13.7. The smallest absolute Gasteiger partial charge is 0.233 e. The van der Waals surface area contributed by atoms with Gasteiger partial charge in [-0.05, 0) is 18.8 Å². The fourth-order valence-corrected chi connectivity index (χ4v) is 3.03. The standard InChI is InChI=1S/C14H25N3O2/c1-15-13(18)11-16-6-8-17(9-7-16)14(19)10-12-4-2-3-5-12/h12H,2-11H2,1H3,(H,15,18). The van der Waals surface area contributed by atoms with Crippen LogP contribution < -0.4 is 5.32 Å². The van der Waals surface area contributed by atoms with Crippen molar-refractivity contribution in [3.05, 3.63) is 0 Å². The van der Waals surface area contributed by atoms with Crippen LogP contribution >= 0.6 is 0 Å². The van der Waals surface area contributed by atoms with Gasteiger partial charge in [0.2, 0.25) is 11.8 Å². The second kappa shape index (κ2) is 6.89. The SMILES string of the molecule is CNC(=O)CN1CCN(C(=O)CC2CCCC2)CC1. The van der Waals surface area contributed by atoms with E-state index < -0.39 is 0 Å². The van der Waals surface area contributed by atoms with E-state index in [1.807, 2.05) is 4.90 Å². The molecule has 1 heterocycles. The van der Waals surface area contributed by atoms with E-state index in [2.05, 4.69) is 10.2 Å². The van der Waals surface area contributed by atoms with Crippen LogP contribution in [0, 0.1) is 5.92 Å². The summed E-state index contributed by atoms with van der Waals surface area (Å²) in [5.74, 6) is 0.980. The van der Waals surface area contributed by atoms with Crippen LogP contribution in [0.4, 0.5) is 0 Å². The summed E-state index contributed by atoms with van der Waals surface area (Å²) in [5, 5.41) is 2.63. The average Bonchev–Trinajstić information content (AvgIpc) is 2.92. The number of hydrogen-bond donors (Lipinski definition) is 1. The van der Waals surface area contributed by atoms with Crippen LogP contribution in [-0.2, 0) is 9.59 Å². The lowest BCUT2D eigenvalue weighted by atomic mass is 10.0. The molecule has 0 spiro atoms. The number of nitrogens with zero attached hydrogens (tertiary/aromatic N) is 2. The van der Waals surface area contributed by atoms with Gasteiger partial charge in [-0.2, -0.15) is 0 Å². The zero-order valence-corrected chi connectivity index (χ0v) is 11.9. The minimum absolute atomic E-state index is 0.0470. The Morgan fingerprint density at radius 2 is 1.74 bits per heavy atom. The van der Waals surface area contributed by atoms with Crippen molar-refractivity contribution in [3.8, 4) is 0 Å². The molecule has 0 unspecified atom stereocenters. The molecule has 1 saturated carbocycles. The highest BCUT2D eigenvalue weighted by molar-refractivity contribution is 5.78. The van der Waals surface area contributed by atoms with E-state index in [4.69, 9.17) is 0 Å². The molecule has 2 amide bonds. The van der Waals surface area contributed by atoms with Crippen molar-refractivity contribution in [1.82, 2.24) is 15.1 Å². The van der Waals surface area contributed by atoms with E-state index >= 15 is 0 Å². The largest absolute Gasteiger partial charge is 0.358 e. The van der Waals surface area contributed by atoms with Crippen LogP contribution in [0.3, 0.4) is 0 Å². The monoisotopic (exact) mass is 267 g/mol. The second-order valence-electron chi connectivity index (χ2n) is 5.68. The highest BCUT2D eigenvalue weighted by atomic mass is 16.2. The molecule has 2 aliphatic rings. The number of carbonyl (C=O) groups is 2. The molecule has 0 aromatic rings. The maximum absolute atomic E-state index is 12.2. The van der Waals surface area contributed by atoms with Crippen LogP contribution in [0.2, 0.25) is 0 Å². The first-order chi connectivity index (χ1) is 9.19. The van der Waals surface area contributed by atoms with Crippen molar-refractivity contribution in [2.24, 2.45) is 5.92 Å². The maximum atomic E-state index is 12.2. The van der Waals surface area contributed by atoms with Crippen molar-refractivity contribution >= 4 is 11.8 Å². The van der Waals surface area contributed by atoms with E-state index in [9.17, 15) is 9.59 Å². The number of amides is 2. The van der Waals surface area contributed by atoms with Gasteiger partial charge in [0.25, 0.3) is 0 Å². The second-order valence-corrected chi connectivity index (χ2v) is 5.68. The molecule has 1 aliphatic carbocycles. The summed E-state index contributed by atoms with van der Waals surface area (Å²) in [4.78, 5) is 27.5. The summed E-state index contributed by atoms with van der Waals surface area (Å²) in [7, 11) is 1.66. The predicted octanol–water partition coefficient (Wildman–Crippen LogP) is 0.457. The first kappa shape index (κ1) is 14.3. The highest BCUT2D eigenvalue weighted by Crippen LogP contribution is 2.28. The van der Waals surface area contributed by atoms with Gasteiger partial charge in [0.1, 0.15) is 0 Å². The molecular formula is C14H25N3O2. The van der Waals surface area contributed by atoms with Crippen LogP contribution in [0.1, 0.15) is 32.1 Å². The lowest BCUT2D eigenvalue weighted by Crippen LogP contribution is -2.51. The molecule has 1 saturated heterocycles. The van der Waals surface area contributed by atoms with Crippen LogP contribution in [0.5, 0.6) is 0 Å². The van der Waals surface area contributed by atoms with Gasteiger partial charge < -0.3 is 10.2 Å². The van der Waals surface area contributed by atoms with Crippen molar-refractivity contribution in [3.63, 3.8) is 0 Å². The molecule has 0 atom stereocenters. The number of nitrogens with one attached hydrogen (secondary N) is 1. The summed E-state index contributed by atoms with van der Waals surface area (Å²) in [5.41, 5.74) is 0. The van der Waals surface area contributed by atoms with Crippen LogP contribution in [0.15, 0.2) is 0 Å². The molecule has 19 heavy (non-hydrogen) atoms. The van der Waals surface area contributed by atoms with E-state index in [0.29, 0.717) is 18.4 Å². The van der Waals surface area contributed by atoms with E-state index in [0.717, 1.165) is 32.6 Å². The lowest BCUT2D eigenvalue weighted by Gasteiger charge is -2.34. The Morgan fingerprint density at radius 3 is 2.32 bits per heavy atom. The lowest BCUT2D eigenvalue weighted by molar-refractivity contribution is -0.134. The van der Waals surface area contributed by atoms with E-state index in [1.165, 1.54) is 25.7 Å². The topological polar surface area (TPSA) is 52.7 Å². The van der Waals surface area contributed by atoms with Crippen molar-refractivity contribution < 1.29 is 9.59 Å². The third kappa shape index (κ3) is 4.20. The normalized spacial score (nSPS) is 21.6. The summed E-state index contributed by atoms with van der Waals surface area (Å²) >= 11 is 0. The average molecular weight is 267 g/mol. The van der Waals surface area contributed by atoms with Gasteiger partial charge in [-0.25, -0.2) is 0 Å². The molecule has 5 nitrogen and oxygen atoms in total. The maximum Gasteiger partial charge on any atom is 0.233 e. The fraction of sp³-hybridized carbons (Fsp3) is 0.857. The van der Waals surface area contributed by atoms with Gasteiger partial charge in [0.15, 0.2) is 0 Å². The molecule has 5 heteroatoms. The summed E-state index contributed by atoms with van der Waals surface area (Å²) < 4.78 is 0. The molecule has 2 rings (SSSR count). The van der Waals surface area contributed by atoms with Gasteiger partial charge in [-0.3, -0.25) is 14.5 Å². The number of likely N-dealkylation sites (N-methyl/N-ethyl adjacent to an activating group) is 1. The van der Waals surface area contributed by atoms with Gasteiger partial charge >= 0.3 is 0 Å². The minimum atomic E-state index is 0.0470. The Balaban J connectivity index is 1.70. The Hall–Kier alpha value is -1.10. The van der Waals surface area contributed by atoms with Crippen molar-refractivity contribution in [1.29, 1.82) is 0 Å². The van der Waals surface area contributed by atoms with Crippen molar-refractivity contribution in [2.75, 3.05) is 39.8 Å². The Bertz CT molecular complexity index is 319.